The summed E-state index contributed by atoms with van der Waals surface area (Å²) in [6.45, 7) is 2.67. The van der Waals surface area contributed by atoms with Crippen molar-refractivity contribution in [3.05, 3.63) is 38.9 Å². The second-order valence-corrected chi connectivity index (χ2v) is 6.84. The highest BCUT2D eigenvalue weighted by Crippen LogP contribution is 2.58. The van der Waals surface area contributed by atoms with Gasteiger partial charge in [-0.3, -0.25) is 14.9 Å². The van der Waals surface area contributed by atoms with Gasteiger partial charge < -0.3 is 15.0 Å². The van der Waals surface area contributed by atoms with Crippen LogP contribution in [0.1, 0.15) is 32.6 Å². The minimum absolute atomic E-state index is 0.0838. The van der Waals surface area contributed by atoms with Crippen molar-refractivity contribution in [1.29, 1.82) is 0 Å². The SMILES string of the molecule is CCO[C@@H]1C[C@H](Nc2cc3nc[nH]c(=O)c3cc2[N+](=O)[O-])C12CCC2. The zero-order chi connectivity index (χ0) is 17.6. The maximum absolute atomic E-state index is 11.9. The fourth-order valence-electron chi connectivity index (χ4n) is 4.20. The van der Waals surface area contributed by atoms with Gasteiger partial charge >= 0.3 is 0 Å². The molecule has 1 heterocycles. The van der Waals surface area contributed by atoms with Gasteiger partial charge in [0.25, 0.3) is 11.2 Å². The quantitative estimate of drug-likeness (QED) is 0.637. The van der Waals surface area contributed by atoms with Crippen LogP contribution in [0.5, 0.6) is 0 Å². The number of aromatic nitrogens is 2. The van der Waals surface area contributed by atoms with E-state index in [1.807, 2.05) is 6.92 Å². The minimum Gasteiger partial charge on any atom is -0.378 e. The van der Waals surface area contributed by atoms with Crippen LogP contribution in [0.3, 0.4) is 0 Å². The number of nitro groups is 1. The van der Waals surface area contributed by atoms with Gasteiger partial charge in [0.2, 0.25) is 0 Å². The predicted octanol–water partition coefficient (Wildman–Crippen LogP) is 2.59. The molecule has 2 aliphatic carbocycles. The first-order valence-corrected chi connectivity index (χ1v) is 8.59. The van der Waals surface area contributed by atoms with Crippen LogP contribution in [0.2, 0.25) is 0 Å². The molecule has 1 spiro atoms. The molecule has 0 saturated heterocycles. The van der Waals surface area contributed by atoms with Gasteiger partial charge in [-0.15, -0.1) is 0 Å². The van der Waals surface area contributed by atoms with Crippen molar-refractivity contribution in [3.8, 4) is 0 Å². The average molecular weight is 344 g/mol. The Balaban J connectivity index is 1.68. The number of aromatic amines is 1. The predicted molar refractivity (Wildman–Crippen MR) is 92.7 cm³/mol. The summed E-state index contributed by atoms with van der Waals surface area (Å²) in [5, 5.41) is 15.1. The van der Waals surface area contributed by atoms with E-state index in [4.69, 9.17) is 4.74 Å². The van der Waals surface area contributed by atoms with Crippen molar-refractivity contribution >= 4 is 22.3 Å². The molecule has 8 nitrogen and oxygen atoms in total. The number of anilines is 1. The zero-order valence-electron chi connectivity index (χ0n) is 13.9. The van der Waals surface area contributed by atoms with Gasteiger partial charge in [-0.1, -0.05) is 6.42 Å². The number of H-pyrrole nitrogens is 1. The number of fused-ring (bicyclic) bond motifs is 1. The van der Waals surface area contributed by atoms with Crippen molar-refractivity contribution in [2.24, 2.45) is 5.41 Å². The molecule has 1 aromatic heterocycles. The van der Waals surface area contributed by atoms with Gasteiger partial charge in [0.15, 0.2) is 0 Å². The Morgan fingerprint density at radius 2 is 2.28 bits per heavy atom. The molecule has 4 rings (SSSR count). The third-order valence-corrected chi connectivity index (χ3v) is 5.72. The van der Waals surface area contributed by atoms with Gasteiger partial charge in [0.1, 0.15) is 5.69 Å². The second-order valence-electron chi connectivity index (χ2n) is 6.84. The molecule has 2 aliphatic rings. The van der Waals surface area contributed by atoms with Crippen LogP contribution in [0.25, 0.3) is 10.9 Å². The van der Waals surface area contributed by atoms with Gasteiger partial charge in [-0.2, -0.15) is 0 Å². The lowest BCUT2D eigenvalue weighted by atomic mass is 9.51. The standard InChI is InChI=1S/C17H20N4O4/c1-2-25-15-8-14(17(15)4-3-5-17)20-12-7-11-10(6-13(12)21(23)24)16(22)19-9-18-11/h6-7,9,14-15,20H,2-5,8H2,1H3,(H,18,19,22)/t14-,15+/m0/s1. The summed E-state index contributed by atoms with van der Waals surface area (Å²) < 4.78 is 5.84. The lowest BCUT2D eigenvalue weighted by Crippen LogP contribution is -2.64. The van der Waals surface area contributed by atoms with Gasteiger partial charge in [0, 0.05) is 24.1 Å². The fourth-order valence-corrected chi connectivity index (χ4v) is 4.20. The Hall–Kier alpha value is -2.48. The molecule has 2 N–H and O–H groups in total. The van der Waals surface area contributed by atoms with Gasteiger partial charge in [-0.25, -0.2) is 4.98 Å². The molecular weight excluding hydrogens is 324 g/mol. The smallest absolute Gasteiger partial charge is 0.293 e. The topological polar surface area (TPSA) is 110 Å². The summed E-state index contributed by atoms with van der Waals surface area (Å²) >= 11 is 0. The molecule has 2 fully saturated rings. The zero-order valence-corrected chi connectivity index (χ0v) is 13.9. The molecule has 1 aromatic carbocycles. The van der Waals surface area contributed by atoms with E-state index in [9.17, 15) is 14.9 Å². The van der Waals surface area contributed by atoms with Crippen LogP contribution >= 0.6 is 0 Å². The third kappa shape index (κ3) is 2.39. The summed E-state index contributed by atoms with van der Waals surface area (Å²) in [5.41, 5.74) is 0.470. The summed E-state index contributed by atoms with van der Waals surface area (Å²) in [5.74, 6) is 0. The molecule has 2 atom stereocenters. The third-order valence-electron chi connectivity index (χ3n) is 5.72. The lowest BCUT2D eigenvalue weighted by Gasteiger charge is -2.61. The number of nitrogens with one attached hydrogen (secondary N) is 2. The largest absolute Gasteiger partial charge is 0.378 e. The maximum Gasteiger partial charge on any atom is 0.293 e. The highest BCUT2D eigenvalue weighted by atomic mass is 16.6. The number of ether oxygens (including phenoxy) is 1. The number of hydrogen-bond donors (Lipinski definition) is 2. The van der Waals surface area contributed by atoms with Crippen LogP contribution in [0.4, 0.5) is 11.4 Å². The molecule has 0 amide bonds. The first-order valence-electron chi connectivity index (χ1n) is 8.59. The van der Waals surface area contributed by atoms with Crippen LogP contribution in [-0.2, 0) is 4.74 Å². The van der Waals surface area contributed by atoms with Crippen LogP contribution < -0.4 is 10.9 Å². The van der Waals surface area contributed by atoms with Crippen molar-refractivity contribution < 1.29 is 9.66 Å². The molecule has 2 aromatic rings. The van der Waals surface area contributed by atoms with E-state index in [1.54, 1.807) is 6.07 Å². The molecule has 8 heteroatoms. The van der Waals surface area contributed by atoms with E-state index in [0.717, 1.165) is 19.3 Å². The van der Waals surface area contributed by atoms with Gasteiger partial charge in [0.05, 0.1) is 28.3 Å². The number of rotatable bonds is 5. The Bertz CT molecular complexity index is 890. The fraction of sp³-hybridized carbons (Fsp3) is 0.529. The Morgan fingerprint density at radius 3 is 2.92 bits per heavy atom. The summed E-state index contributed by atoms with van der Waals surface area (Å²) in [6, 6.07) is 3.05. The molecular formula is C17H20N4O4. The summed E-state index contributed by atoms with van der Waals surface area (Å²) in [6.07, 6.45) is 5.69. The van der Waals surface area contributed by atoms with Crippen LogP contribution in [0, 0.1) is 15.5 Å². The monoisotopic (exact) mass is 344 g/mol. The Morgan fingerprint density at radius 1 is 1.48 bits per heavy atom. The van der Waals surface area contributed by atoms with Crippen molar-refractivity contribution in [1.82, 2.24) is 9.97 Å². The molecule has 0 unspecified atom stereocenters. The summed E-state index contributed by atoms with van der Waals surface area (Å²) in [4.78, 5) is 29.5. The number of nitrogens with zero attached hydrogens (tertiary/aromatic N) is 2. The molecule has 132 valence electrons. The lowest BCUT2D eigenvalue weighted by molar-refractivity contribution is -0.383. The molecule has 0 radical (unpaired) electrons. The van der Waals surface area contributed by atoms with E-state index in [1.165, 1.54) is 18.8 Å². The highest BCUT2D eigenvalue weighted by Gasteiger charge is 2.59. The number of nitro benzene ring substituents is 1. The Labute approximate surface area is 143 Å². The maximum atomic E-state index is 11.9. The number of benzene rings is 1. The molecule has 25 heavy (non-hydrogen) atoms. The first kappa shape index (κ1) is 16.0. The van der Waals surface area contributed by atoms with Gasteiger partial charge in [-0.05, 0) is 32.3 Å². The molecule has 0 bridgehead atoms. The molecule has 0 aliphatic heterocycles. The van der Waals surface area contributed by atoms with Crippen LogP contribution in [0.15, 0.2) is 23.3 Å². The van der Waals surface area contributed by atoms with E-state index in [0.29, 0.717) is 17.8 Å². The molecule has 2 saturated carbocycles. The first-order chi connectivity index (χ1) is 12.0. The minimum atomic E-state index is -0.458. The normalized spacial score (nSPS) is 23.9. The number of hydrogen-bond acceptors (Lipinski definition) is 6. The highest BCUT2D eigenvalue weighted by molar-refractivity contribution is 5.86. The van der Waals surface area contributed by atoms with E-state index >= 15 is 0 Å². The van der Waals surface area contributed by atoms with Crippen molar-refractivity contribution in [2.45, 2.75) is 44.8 Å². The second kappa shape index (κ2) is 5.80. The average Bonchev–Trinajstić information content (AvgIpc) is 2.51. The Kier molecular flexibility index (Phi) is 3.72. The summed E-state index contributed by atoms with van der Waals surface area (Å²) in [7, 11) is 0. The van der Waals surface area contributed by atoms with Crippen molar-refractivity contribution in [3.63, 3.8) is 0 Å². The van der Waals surface area contributed by atoms with E-state index in [-0.39, 0.29) is 34.2 Å². The van der Waals surface area contributed by atoms with Crippen LogP contribution in [-0.4, -0.2) is 33.6 Å². The van der Waals surface area contributed by atoms with Crippen molar-refractivity contribution in [2.75, 3.05) is 11.9 Å². The van der Waals surface area contributed by atoms with E-state index in [2.05, 4.69) is 15.3 Å². The van der Waals surface area contributed by atoms with E-state index < -0.39 is 4.92 Å².